The maximum absolute atomic E-state index is 7.28. The quantitative estimate of drug-likeness (QED) is 0.611. The van der Waals surface area contributed by atoms with Gasteiger partial charge in [0, 0.05) is 29.9 Å². The summed E-state index contributed by atoms with van der Waals surface area (Å²) in [6, 6.07) is 3.54. The number of morpholine rings is 1. The Hall–Kier alpha value is -1.26. The van der Waals surface area contributed by atoms with Gasteiger partial charge in [-0.2, -0.15) is 0 Å². The molecule has 2 rings (SSSR count). The zero-order valence-corrected chi connectivity index (χ0v) is 9.63. The Labute approximate surface area is 99.5 Å². The van der Waals surface area contributed by atoms with Crippen LogP contribution in [0, 0.1) is 5.41 Å². The van der Waals surface area contributed by atoms with E-state index in [9.17, 15) is 0 Å². The fraction of sp³-hybridized carbons (Fsp3) is 0.364. The molecule has 86 valence electrons. The van der Waals surface area contributed by atoms with Gasteiger partial charge in [-0.1, -0.05) is 11.6 Å². The molecule has 0 amide bonds. The molecule has 1 aliphatic rings. The summed E-state index contributed by atoms with van der Waals surface area (Å²) >= 11 is 6.00. The molecule has 5 heteroatoms. The smallest absolute Gasteiger partial charge is 0.0642 e. The van der Waals surface area contributed by atoms with E-state index in [1.807, 2.05) is 6.07 Å². The lowest BCUT2D eigenvalue weighted by Crippen LogP contribution is -2.36. The molecule has 0 bridgehead atoms. The summed E-state index contributed by atoms with van der Waals surface area (Å²) in [7, 11) is 0. The number of rotatable bonds is 2. The largest absolute Gasteiger partial charge is 0.397 e. The monoisotopic (exact) mass is 239 g/mol. The first-order valence-corrected chi connectivity index (χ1v) is 5.52. The lowest BCUT2D eigenvalue weighted by molar-refractivity contribution is 0.123. The Morgan fingerprint density at radius 1 is 1.38 bits per heavy atom. The van der Waals surface area contributed by atoms with Gasteiger partial charge in [0.2, 0.25) is 0 Å². The third kappa shape index (κ3) is 2.13. The SMILES string of the molecule is N=Cc1cc(Cl)cc(N2CCOCC2)c1N. The Balaban J connectivity index is 2.38. The molecule has 0 atom stereocenters. The van der Waals surface area contributed by atoms with Crippen LogP contribution in [0.1, 0.15) is 5.56 Å². The zero-order chi connectivity index (χ0) is 11.5. The van der Waals surface area contributed by atoms with Crippen molar-refractivity contribution in [2.24, 2.45) is 0 Å². The zero-order valence-electron chi connectivity index (χ0n) is 8.87. The molecule has 0 spiro atoms. The van der Waals surface area contributed by atoms with E-state index in [1.54, 1.807) is 6.07 Å². The lowest BCUT2D eigenvalue weighted by Gasteiger charge is -2.30. The standard InChI is InChI=1S/C11H14ClN3O/c12-9-5-8(7-13)11(14)10(6-9)15-1-3-16-4-2-15/h5-7,13H,1-4,14H2. The molecule has 1 aromatic carbocycles. The van der Waals surface area contributed by atoms with Gasteiger partial charge in [0.1, 0.15) is 0 Å². The predicted molar refractivity (Wildman–Crippen MR) is 66.8 cm³/mol. The van der Waals surface area contributed by atoms with E-state index < -0.39 is 0 Å². The molecule has 4 nitrogen and oxygen atoms in total. The number of ether oxygens (including phenoxy) is 1. The normalized spacial score (nSPS) is 16.2. The van der Waals surface area contributed by atoms with Crippen LogP contribution in [-0.2, 0) is 4.74 Å². The number of halogens is 1. The van der Waals surface area contributed by atoms with Crippen molar-refractivity contribution in [3.05, 3.63) is 22.7 Å². The van der Waals surface area contributed by atoms with E-state index in [2.05, 4.69) is 4.90 Å². The average molecular weight is 240 g/mol. The van der Waals surface area contributed by atoms with Crippen molar-refractivity contribution < 1.29 is 4.74 Å². The summed E-state index contributed by atoms with van der Waals surface area (Å²) in [6.45, 7) is 3.02. The molecule has 1 aliphatic heterocycles. The number of nitrogen functional groups attached to an aromatic ring is 1. The number of nitrogens with zero attached hydrogens (tertiary/aromatic N) is 1. The Bertz CT molecular complexity index is 402. The highest BCUT2D eigenvalue weighted by Gasteiger charge is 2.15. The van der Waals surface area contributed by atoms with Crippen molar-refractivity contribution in [1.82, 2.24) is 0 Å². The average Bonchev–Trinajstić information content (AvgIpc) is 2.33. The van der Waals surface area contributed by atoms with E-state index in [1.165, 1.54) is 6.21 Å². The van der Waals surface area contributed by atoms with Crippen LogP contribution in [0.4, 0.5) is 11.4 Å². The highest BCUT2D eigenvalue weighted by molar-refractivity contribution is 6.31. The topological polar surface area (TPSA) is 62.3 Å². The van der Waals surface area contributed by atoms with Crippen LogP contribution < -0.4 is 10.6 Å². The lowest BCUT2D eigenvalue weighted by atomic mass is 10.1. The molecule has 0 aliphatic carbocycles. The van der Waals surface area contributed by atoms with Gasteiger partial charge in [-0.05, 0) is 12.1 Å². The minimum Gasteiger partial charge on any atom is -0.397 e. The second-order valence-corrected chi connectivity index (χ2v) is 4.11. The molecule has 16 heavy (non-hydrogen) atoms. The first-order valence-electron chi connectivity index (χ1n) is 5.14. The van der Waals surface area contributed by atoms with Crippen molar-refractivity contribution >= 4 is 29.2 Å². The minimum atomic E-state index is 0.606. The van der Waals surface area contributed by atoms with E-state index >= 15 is 0 Å². The molecule has 1 saturated heterocycles. The number of nitrogens with one attached hydrogen (secondary N) is 1. The van der Waals surface area contributed by atoms with Crippen molar-refractivity contribution in [1.29, 1.82) is 5.41 Å². The Kier molecular flexibility index (Phi) is 3.31. The molecule has 0 aromatic heterocycles. The van der Waals surface area contributed by atoms with Gasteiger partial charge in [0.15, 0.2) is 0 Å². The van der Waals surface area contributed by atoms with E-state index in [-0.39, 0.29) is 0 Å². The predicted octanol–water partition coefficient (Wildman–Crippen LogP) is 1.76. The van der Waals surface area contributed by atoms with Crippen molar-refractivity contribution in [3.8, 4) is 0 Å². The maximum atomic E-state index is 7.28. The van der Waals surface area contributed by atoms with Crippen LogP contribution in [0.5, 0.6) is 0 Å². The minimum absolute atomic E-state index is 0.606. The van der Waals surface area contributed by atoms with Crippen LogP contribution in [-0.4, -0.2) is 32.5 Å². The molecular weight excluding hydrogens is 226 g/mol. The molecule has 1 fully saturated rings. The van der Waals surface area contributed by atoms with Crippen LogP contribution in [0.15, 0.2) is 12.1 Å². The van der Waals surface area contributed by atoms with Crippen LogP contribution in [0.25, 0.3) is 0 Å². The first kappa shape index (κ1) is 11.2. The van der Waals surface area contributed by atoms with E-state index in [0.717, 1.165) is 18.8 Å². The summed E-state index contributed by atoms with van der Waals surface area (Å²) in [4.78, 5) is 2.14. The van der Waals surface area contributed by atoms with Gasteiger partial charge in [-0.25, -0.2) is 0 Å². The molecule has 3 N–H and O–H groups in total. The third-order valence-electron chi connectivity index (χ3n) is 2.66. The molecule has 0 radical (unpaired) electrons. The summed E-state index contributed by atoms with van der Waals surface area (Å²) in [5, 5.41) is 7.89. The summed E-state index contributed by atoms with van der Waals surface area (Å²) in [5.41, 5.74) is 8.17. The van der Waals surface area contributed by atoms with Crippen molar-refractivity contribution in [3.63, 3.8) is 0 Å². The van der Waals surface area contributed by atoms with E-state index in [4.69, 9.17) is 27.5 Å². The van der Waals surface area contributed by atoms with Gasteiger partial charge in [0.25, 0.3) is 0 Å². The maximum Gasteiger partial charge on any atom is 0.0642 e. The fourth-order valence-electron chi connectivity index (χ4n) is 1.81. The van der Waals surface area contributed by atoms with Crippen molar-refractivity contribution in [2.75, 3.05) is 36.9 Å². The number of nitrogens with two attached hydrogens (primary N) is 1. The number of hydrogen-bond donors (Lipinski definition) is 2. The summed E-state index contributed by atoms with van der Waals surface area (Å²) in [6.07, 6.45) is 1.23. The van der Waals surface area contributed by atoms with Gasteiger partial charge in [0.05, 0.1) is 24.6 Å². The number of anilines is 2. The second kappa shape index (κ2) is 4.72. The third-order valence-corrected chi connectivity index (χ3v) is 2.88. The highest BCUT2D eigenvalue weighted by atomic mass is 35.5. The van der Waals surface area contributed by atoms with Gasteiger partial charge in [-0.15, -0.1) is 0 Å². The molecule has 0 unspecified atom stereocenters. The molecular formula is C11H14ClN3O. The second-order valence-electron chi connectivity index (χ2n) is 3.67. The molecule has 1 heterocycles. The first-order chi connectivity index (χ1) is 7.72. The van der Waals surface area contributed by atoms with Crippen LogP contribution in [0.2, 0.25) is 5.02 Å². The van der Waals surface area contributed by atoms with Crippen LogP contribution in [0.3, 0.4) is 0 Å². The Morgan fingerprint density at radius 2 is 2.06 bits per heavy atom. The van der Waals surface area contributed by atoms with Crippen molar-refractivity contribution in [2.45, 2.75) is 0 Å². The summed E-state index contributed by atoms with van der Waals surface area (Å²) < 4.78 is 5.29. The van der Waals surface area contributed by atoms with Crippen LogP contribution >= 0.6 is 11.6 Å². The molecule has 1 aromatic rings. The number of benzene rings is 1. The summed E-state index contributed by atoms with van der Waals surface area (Å²) in [5.74, 6) is 0. The van der Waals surface area contributed by atoms with Gasteiger partial charge in [-0.3, -0.25) is 0 Å². The molecule has 0 saturated carbocycles. The highest BCUT2D eigenvalue weighted by Crippen LogP contribution is 2.30. The number of hydrogen-bond acceptors (Lipinski definition) is 4. The Morgan fingerprint density at radius 3 is 2.69 bits per heavy atom. The van der Waals surface area contributed by atoms with E-state index in [0.29, 0.717) is 29.5 Å². The van der Waals surface area contributed by atoms with Gasteiger partial charge >= 0.3 is 0 Å². The van der Waals surface area contributed by atoms with Gasteiger partial charge < -0.3 is 20.8 Å². The fourth-order valence-corrected chi connectivity index (χ4v) is 2.03.